The molecule has 2 aromatic carbocycles. The molecule has 4 nitrogen and oxygen atoms in total. The van der Waals surface area contributed by atoms with Crippen LogP contribution in [0.15, 0.2) is 54.6 Å². The van der Waals surface area contributed by atoms with E-state index in [0.29, 0.717) is 12.6 Å². The Morgan fingerprint density at radius 3 is 2.50 bits per heavy atom. The van der Waals surface area contributed by atoms with E-state index in [9.17, 15) is 0 Å². The lowest BCUT2D eigenvalue weighted by Crippen LogP contribution is -2.35. The van der Waals surface area contributed by atoms with Gasteiger partial charge in [-0.3, -0.25) is 0 Å². The Morgan fingerprint density at radius 2 is 1.68 bits per heavy atom. The quantitative estimate of drug-likeness (QED) is 0.634. The number of para-hydroxylation sites is 2. The van der Waals surface area contributed by atoms with E-state index in [-0.39, 0.29) is 0 Å². The third-order valence-electron chi connectivity index (χ3n) is 3.80. The fourth-order valence-corrected chi connectivity index (χ4v) is 2.58. The molecular formula is C18H22N2O2. The molecule has 1 heterocycles. The minimum absolute atomic E-state index is 0.433. The number of hydrogen-bond donors (Lipinski definition) is 2. The average Bonchev–Trinajstić information content (AvgIpc) is 2.58. The first-order valence-corrected chi connectivity index (χ1v) is 7.81. The molecule has 0 unspecified atom stereocenters. The average molecular weight is 298 g/mol. The van der Waals surface area contributed by atoms with Crippen molar-refractivity contribution in [1.82, 2.24) is 5.32 Å². The van der Waals surface area contributed by atoms with Crippen molar-refractivity contribution < 1.29 is 9.78 Å². The van der Waals surface area contributed by atoms with Crippen LogP contribution in [0, 0.1) is 0 Å². The van der Waals surface area contributed by atoms with Crippen LogP contribution in [-0.2, 0) is 11.5 Å². The zero-order chi connectivity index (χ0) is 15.0. The molecule has 0 spiro atoms. The maximum atomic E-state index is 5.50. The van der Waals surface area contributed by atoms with Gasteiger partial charge in [-0.25, -0.2) is 0 Å². The number of rotatable bonds is 6. The van der Waals surface area contributed by atoms with Gasteiger partial charge in [-0.05, 0) is 43.6 Å². The maximum absolute atomic E-state index is 5.50. The molecule has 4 heteroatoms. The smallest absolute Gasteiger partial charge is 0.188 e. The molecule has 0 aromatic heterocycles. The summed E-state index contributed by atoms with van der Waals surface area (Å²) >= 11 is 0. The van der Waals surface area contributed by atoms with Gasteiger partial charge >= 0.3 is 0 Å². The van der Waals surface area contributed by atoms with Crippen molar-refractivity contribution in [2.24, 2.45) is 0 Å². The highest BCUT2D eigenvalue weighted by Gasteiger charge is 2.14. The van der Waals surface area contributed by atoms with E-state index >= 15 is 0 Å². The molecule has 0 atom stereocenters. The third-order valence-corrected chi connectivity index (χ3v) is 3.80. The Bertz CT molecular complexity index is 568. The summed E-state index contributed by atoms with van der Waals surface area (Å²) in [6.45, 7) is 2.55. The van der Waals surface area contributed by atoms with Crippen LogP contribution in [0.2, 0.25) is 0 Å². The SMILES string of the molecule is c1ccc(COOc2ccccc2NC2CCNCC2)cc1. The Hall–Kier alpha value is -2.04. The number of piperidine rings is 1. The van der Waals surface area contributed by atoms with Crippen molar-refractivity contribution in [1.29, 1.82) is 0 Å². The Labute approximate surface area is 131 Å². The van der Waals surface area contributed by atoms with Gasteiger partial charge in [0.1, 0.15) is 6.61 Å². The zero-order valence-electron chi connectivity index (χ0n) is 12.6. The summed E-state index contributed by atoms with van der Waals surface area (Å²) in [6, 6.07) is 18.4. The molecule has 0 radical (unpaired) electrons. The Kier molecular flexibility index (Phi) is 5.29. The molecule has 0 bridgehead atoms. The van der Waals surface area contributed by atoms with Crippen molar-refractivity contribution in [3.63, 3.8) is 0 Å². The van der Waals surface area contributed by atoms with Crippen LogP contribution in [0.25, 0.3) is 0 Å². The predicted molar refractivity (Wildman–Crippen MR) is 87.8 cm³/mol. The first-order chi connectivity index (χ1) is 10.9. The van der Waals surface area contributed by atoms with Gasteiger partial charge in [0.25, 0.3) is 0 Å². The van der Waals surface area contributed by atoms with Crippen LogP contribution in [0.3, 0.4) is 0 Å². The highest BCUT2D eigenvalue weighted by Crippen LogP contribution is 2.26. The zero-order valence-corrected chi connectivity index (χ0v) is 12.6. The predicted octanol–water partition coefficient (Wildman–Crippen LogP) is 3.36. The summed E-state index contributed by atoms with van der Waals surface area (Å²) < 4.78 is 0. The molecular weight excluding hydrogens is 276 g/mol. The molecule has 2 N–H and O–H groups in total. The van der Waals surface area contributed by atoms with E-state index < -0.39 is 0 Å². The Morgan fingerprint density at radius 1 is 0.955 bits per heavy atom. The van der Waals surface area contributed by atoms with E-state index in [1.165, 1.54) is 0 Å². The van der Waals surface area contributed by atoms with E-state index in [1.54, 1.807) is 0 Å². The fourth-order valence-electron chi connectivity index (χ4n) is 2.58. The number of benzene rings is 2. The van der Waals surface area contributed by atoms with Gasteiger partial charge in [-0.1, -0.05) is 42.5 Å². The van der Waals surface area contributed by atoms with Gasteiger partial charge < -0.3 is 15.5 Å². The number of hydrogen-bond acceptors (Lipinski definition) is 4. The van der Waals surface area contributed by atoms with Gasteiger partial charge in [0.05, 0.1) is 5.69 Å². The summed E-state index contributed by atoms with van der Waals surface area (Å²) in [6.07, 6.45) is 2.25. The summed E-state index contributed by atoms with van der Waals surface area (Å²) in [5.41, 5.74) is 2.08. The molecule has 1 aliphatic heterocycles. The van der Waals surface area contributed by atoms with E-state index in [4.69, 9.17) is 9.78 Å². The van der Waals surface area contributed by atoms with Crippen molar-refractivity contribution in [2.45, 2.75) is 25.5 Å². The molecule has 3 rings (SSSR count). The maximum Gasteiger partial charge on any atom is 0.188 e. The van der Waals surface area contributed by atoms with E-state index in [0.717, 1.165) is 42.9 Å². The molecule has 1 aliphatic rings. The largest absolute Gasteiger partial charge is 0.379 e. The number of anilines is 1. The van der Waals surface area contributed by atoms with Gasteiger partial charge in [0.15, 0.2) is 5.75 Å². The molecule has 2 aromatic rings. The lowest BCUT2D eigenvalue weighted by molar-refractivity contribution is -0.217. The fraction of sp³-hybridized carbons (Fsp3) is 0.333. The standard InChI is InChI=1S/C18H22N2O2/c1-2-6-15(7-3-1)14-21-22-18-9-5-4-8-17(18)20-16-10-12-19-13-11-16/h1-9,16,19-20H,10-14H2. The van der Waals surface area contributed by atoms with Gasteiger partial charge in [0, 0.05) is 6.04 Å². The van der Waals surface area contributed by atoms with Gasteiger partial charge in [-0.15, -0.1) is 0 Å². The normalized spacial score (nSPS) is 15.5. The summed E-state index contributed by atoms with van der Waals surface area (Å²) in [4.78, 5) is 10.9. The Balaban J connectivity index is 1.56. The second-order valence-corrected chi connectivity index (χ2v) is 5.50. The van der Waals surface area contributed by atoms with Crippen molar-refractivity contribution in [3.05, 3.63) is 60.2 Å². The van der Waals surface area contributed by atoms with Crippen molar-refractivity contribution in [3.8, 4) is 5.75 Å². The minimum atomic E-state index is 0.433. The third kappa shape index (κ3) is 4.23. The van der Waals surface area contributed by atoms with Crippen LogP contribution in [0.5, 0.6) is 5.75 Å². The lowest BCUT2D eigenvalue weighted by Gasteiger charge is -2.25. The lowest BCUT2D eigenvalue weighted by atomic mass is 10.1. The van der Waals surface area contributed by atoms with Crippen molar-refractivity contribution >= 4 is 5.69 Å². The summed E-state index contributed by atoms with van der Waals surface area (Å²) in [7, 11) is 0. The topological polar surface area (TPSA) is 42.5 Å². The van der Waals surface area contributed by atoms with E-state index in [1.807, 2.05) is 54.6 Å². The van der Waals surface area contributed by atoms with Crippen LogP contribution in [0.4, 0.5) is 5.69 Å². The van der Waals surface area contributed by atoms with Crippen LogP contribution in [0.1, 0.15) is 18.4 Å². The van der Waals surface area contributed by atoms with Crippen LogP contribution >= 0.6 is 0 Å². The molecule has 116 valence electrons. The van der Waals surface area contributed by atoms with E-state index in [2.05, 4.69) is 10.6 Å². The highest BCUT2D eigenvalue weighted by atomic mass is 17.2. The molecule has 1 fully saturated rings. The molecule has 22 heavy (non-hydrogen) atoms. The number of nitrogens with one attached hydrogen (secondary N) is 2. The first kappa shape index (κ1) is 14.9. The summed E-state index contributed by atoms with van der Waals surface area (Å²) in [5.74, 6) is 0.733. The second-order valence-electron chi connectivity index (χ2n) is 5.50. The highest BCUT2D eigenvalue weighted by molar-refractivity contribution is 5.56. The monoisotopic (exact) mass is 298 g/mol. The van der Waals surface area contributed by atoms with Gasteiger partial charge in [0.2, 0.25) is 0 Å². The summed E-state index contributed by atoms with van der Waals surface area (Å²) in [5, 5.41) is 6.92. The molecule has 0 saturated carbocycles. The van der Waals surface area contributed by atoms with Crippen LogP contribution < -0.4 is 15.5 Å². The van der Waals surface area contributed by atoms with Gasteiger partial charge in [-0.2, -0.15) is 4.89 Å². The first-order valence-electron chi connectivity index (χ1n) is 7.81. The molecule has 0 amide bonds. The molecule has 0 aliphatic carbocycles. The minimum Gasteiger partial charge on any atom is -0.379 e. The second kappa shape index (κ2) is 7.82. The molecule has 1 saturated heterocycles. The van der Waals surface area contributed by atoms with Crippen molar-refractivity contribution in [2.75, 3.05) is 18.4 Å². The van der Waals surface area contributed by atoms with Crippen LogP contribution in [-0.4, -0.2) is 19.1 Å².